The summed E-state index contributed by atoms with van der Waals surface area (Å²) in [4.78, 5) is 2.11. The van der Waals surface area contributed by atoms with Gasteiger partial charge in [-0.05, 0) is 13.5 Å². The maximum Gasteiger partial charge on any atom is 0.0817 e. The van der Waals surface area contributed by atoms with Crippen molar-refractivity contribution in [1.29, 1.82) is 5.26 Å². The monoisotopic (exact) mass is 226 g/mol. The summed E-state index contributed by atoms with van der Waals surface area (Å²) in [6.45, 7) is 3.99. The van der Waals surface area contributed by atoms with E-state index in [4.69, 9.17) is 10.00 Å². The molecule has 1 saturated heterocycles. The van der Waals surface area contributed by atoms with Crippen molar-refractivity contribution in [3.8, 4) is 6.07 Å². The Balaban J connectivity index is 2.47. The molecule has 92 valence electrons. The summed E-state index contributed by atoms with van der Waals surface area (Å²) in [5, 5.41) is 19.1. The Hall–Kier alpha value is -0.630. The van der Waals surface area contributed by atoms with Crippen LogP contribution in [0.25, 0.3) is 0 Å². The van der Waals surface area contributed by atoms with E-state index in [1.807, 2.05) is 7.05 Å². The molecule has 1 aliphatic heterocycles. The molecule has 1 rings (SSSR count). The lowest BCUT2D eigenvalue weighted by molar-refractivity contribution is -0.0813. The summed E-state index contributed by atoms with van der Waals surface area (Å²) in [7, 11) is 1.99. The number of ether oxygens (including phenoxy) is 1. The Morgan fingerprint density at radius 2 is 2.12 bits per heavy atom. The van der Waals surface area contributed by atoms with Gasteiger partial charge in [-0.1, -0.05) is 6.92 Å². The lowest BCUT2D eigenvalue weighted by Gasteiger charge is -2.37. The van der Waals surface area contributed by atoms with Gasteiger partial charge in [0.05, 0.1) is 18.1 Å². The van der Waals surface area contributed by atoms with E-state index >= 15 is 0 Å². The molecule has 0 aromatic heterocycles. The summed E-state index contributed by atoms with van der Waals surface area (Å²) in [5.74, 6) is 0. The van der Waals surface area contributed by atoms with Crippen molar-refractivity contribution in [1.82, 2.24) is 4.90 Å². The van der Waals surface area contributed by atoms with Gasteiger partial charge in [0.15, 0.2) is 0 Å². The van der Waals surface area contributed by atoms with Gasteiger partial charge >= 0.3 is 0 Å². The maximum atomic E-state index is 10.3. The van der Waals surface area contributed by atoms with Gasteiger partial charge in [0.25, 0.3) is 0 Å². The summed E-state index contributed by atoms with van der Waals surface area (Å²) in [6, 6.07) is 2.45. The highest BCUT2D eigenvalue weighted by atomic mass is 16.5. The third-order valence-corrected chi connectivity index (χ3v) is 3.39. The normalized spacial score (nSPS) is 21.7. The summed E-state index contributed by atoms with van der Waals surface area (Å²) >= 11 is 0. The van der Waals surface area contributed by atoms with E-state index in [1.165, 1.54) is 0 Å². The van der Waals surface area contributed by atoms with Crippen LogP contribution in [0.4, 0.5) is 0 Å². The van der Waals surface area contributed by atoms with E-state index in [2.05, 4.69) is 17.9 Å². The maximum absolute atomic E-state index is 10.3. The number of rotatable bonds is 5. The van der Waals surface area contributed by atoms with Gasteiger partial charge < -0.3 is 9.84 Å². The van der Waals surface area contributed by atoms with Crippen LogP contribution in [0.2, 0.25) is 0 Å². The van der Waals surface area contributed by atoms with Gasteiger partial charge in [-0.25, -0.2) is 0 Å². The molecule has 0 bridgehead atoms. The van der Waals surface area contributed by atoms with Crippen molar-refractivity contribution >= 4 is 0 Å². The molecule has 0 spiro atoms. The number of hydrogen-bond donors (Lipinski definition) is 1. The van der Waals surface area contributed by atoms with Gasteiger partial charge in [0, 0.05) is 38.6 Å². The van der Waals surface area contributed by atoms with E-state index in [0.717, 1.165) is 6.42 Å². The molecule has 1 unspecified atom stereocenters. The van der Waals surface area contributed by atoms with Crippen molar-refractivity contribution in [2.24, 2.45) is 0 Å². The molecule has 1 aliphatic rings. The highest BCUT2D eigenvalue weighted by molar-refractivity contribution is 4.88. The molecule has 1 atom stereocenters. The predicted molar refractivity (Wildman–Crippen MR) is 61.9 cm³/mol. The zero-order chi connectivity index (χ0) is 12.0. The van der Waals surface area contributed by atoms with Crippen LogP contribution in [-0.2, 0) is 4.74 Å². The minimum Gasteiger partial charge on any atom is -0.388 e. The van der Waals surface area contributed by atoms with E-state index in [-0.39, 0.29) is 6.04 Å². The molecule has 1 N–H and O–H groups in total. The number of nitriles is 1. The first-order valence-corrected chi connectivity index (χ1v) is 5.98. The van der Waals surface area contributed by atoms with Crippen molar-refractivity contribution in [2.75, 3.05) is 26.8 Å². The first-order valence-electron chi connectivity index (χ1n) is 5.98. The first-order chi connectivity index (χ1) is 7.61. The number of hydrogen-bond acceptors (Lipinski definition) is 4. The van der Waals surface area contributed by atoms with Gasteiger partial charge in [-0.2, -0.15) is 5.26 Å². The fourth-order valence-corrected chi connectivity index (χ4v) is 2.22. The van der Waals surface area contributed by atoms with Crippen LogP contribution in [0.1, 0.15) is 32.6 Å². The average molecular weight is 226 g/mol. The van der Waals surface area contributed by atoms with Crippen LogP contribution in [-0.4, -0.2) is 48.5 Å². The van der Waals surface area contributed by atoms with Gasteiger partial charge in [-0.15, -0.1) is 0 Å². The molecule has 16 heavy (non-hydrogen) atoms. The molecule has 0 aromatic rings. The minimum atomic E-state index is -0.629. The Morgan fingerprint density at radius 1 is 1.50 bits per heavy atom. The third-order valence-electron chi connectivity index (χ3n) is 3.39. The minimum absolute atomic E-state index is 0.247. The Morgan fingerprint density at radius 3 is 2.62 bits per heavy atom. The average Bonchev–Trinajstić information content (AvgIpc) is 2.26. The second-order valence-electron chi connectivity index (χ2n) is 4.68. The second kappa shape index (κ2) is 6.19. The molecule has 0 saturated carbocycles. The highest BCUT2D eigenvalue weighted by Gasteiger charge is 2.32. The fraction of sp³-hybridized carbons (Fsp3) is 0.917. The van der Waals surface area contributed by atoms with Crippen molar-refractivity contribution in [3.05, 3.63) is 0 Å². The third kappa shape index (κ3) is 3.75. The number of aliphatic hydroxyl groups is 1. The molecule has 0 amide bonds. The number of likely N-dealkylation sites (N-methyl/N-ethyl adjacent to an activating group) is 1. The SMILES string of the molecule is CCC(CC#N)N(C)CC1(O)CCOCC1. The Labute approximate surface area is 97.8 Å². The topological polar surface area (TPSA) is 56.5 Å². The predicted octanol–water partition coefficient (Wildman–Crippen LogP) is 1.15. The van der Waals surface area contributed by atoms with E-state index in [9.17, 15) is 5.11 Å². The first kappa shape index (κ1) is 13.4. The molecule has 1 fully saturated rings. The zero-order valence-electron chi connectivity index (χ0n) is 10.3. The molecule has 0 aromatic carbocycles. The van der Waals surface area contributed by atoms with Gasteiger partial charge in [-0.3, -0.25) is 4.90 Å². The Bertz CT molecular complexity index is 244. The lowest BCUT2D eigenvalue weighted by Crippen LogP contribution is -2.48. The van der Waals surface area contributed by atoms with Crippen LogP contribution in [0, 0.1) is 11.3 Å². The quantitative estimate of drug-likeness (QED) is 0.764. The number of nitrogens with zero attached hydrogens (tertiary/aromatic N) is 2. The summed E-state index contributed by atoms with van der Waals surface area (Å²) in [6.07, 6.45) is 2.86. The Kier molecular flexibility index (Phi) is 5.20. The second-order valence-corrected chi connectivity index (χ2v) is 4.68. The van der Waals surface area contributed by atoms with Crippen LogP contribution < -0.4 is 0 Å². The van der Waals surface area contributed by atoms with E-state index in [1.54, 1.807) is 0 Å². The van der Waals surface area contributed by atoms with Crippen molar-refractivity contribution in [2.45, 2.75) is 44.2 Å². The largest absolute Gasteiger partial charge is 0.388 e. The fourth-order valence-electron chi connectivity index (χ4n) is 2.22. The van der Waals surface area contributed by atoms with Crippen LogP contribution in [0.5, 0.6) is 0 Å². The molecule has 0 radical (unpaired) electrons. The van der Waals surface area contributed by atoms with E-state index < -0.39 is 5.60 Å². The van der Waals surface area contributed by atoms with Crippen LogP contribution in [0.3, 0.4) is 0 Å². The highest BCUT2D eigenvalue weighted by Crippen LogP contribution is 2.22. The molecular formula is C12H22N2O2. The smallest absolute Gasteiger partial charge is 0.0817 e. The van der Waals surface area contributed by atoms with E-state index in [0.29, 0.717) is 39.0 Å². The van der Waals surface area contributed by atoms with Crippen LogP contribution in [0.15, 0.2) is 0 Å². The van der Waals surface area contributed by atoms with Gasteiger partial charge in [0.2, 0.25) is 0 Å². The summed E-state index contributed by atoms with van der Waals surface area (Å²) in [5.41, 5.74) is -0.629. The lowest BCUT2D eigenvalue weighted by atomic mass is 9.93. The van der Waals surface area contributed by atoms with Crippen molar-refractivity contribution < 1.29 is 9.84 Å². The molecular weight excluding hydrogens is 204 g/mol. The summed E-state index contributed by atoms with van der Waals surface area (Å²) < 4.78 is 5.25. The van der Waals surface area contributed by atoms with Crippen LogP contribution >= 0.6 is 0 Å². The zero-order valence-corrected chi connectivity index (χ0v) is 10.3. The standard InChI is InChI=1S/C12H22N2O2/c1-3-11(4-7-13)14(2)10-12(15)5-8-16-9-6-12/h11,15H,3-6,8-10H2,1-2H3. The molecule has 4 heteroatoms. The van der Waals surface area contributed by atoms with Crippen molar-refractivity contribution in [3.63, 3.8) is 0 Å². The molecule has 4 nitrogen and oxygen atoms in total. The van der Waals surface area contributed by atoms with Gasteiger partial charge in [0.1, 0.15) is 0 Å². The molecule has 1 heterocycles. The molecule has 0 aliphatic carbocycles.